The number of hydrogen-bond donors (Lipinski definition) is 2. The van der Waals surface area contributed by atoms with Crippen LogP contribution in [0.1, 0.15) is 12.8 Å². The van der Waals surface area contributed by atoms with E-state index >= 15 is 0 Å². The lowest BCUT2D eigenvalue weighted by atomic mass is 10.2. The topological polar surface area (TPSA) is 69.3 Å². The molecule has 1 aromatic carbocycles. The van der Waals surface area contributed by atoms with Gasteiger partial charge in [-0.15, -0.1) is 0 Å². The fourth-order valence-corrected chi connectivity index (χ4v) is 2.83. The van der Waals surface area contributed by atoms with Crippen molar-refractivity contribution in [2.75, 3.05) is 0 Å². The van der Waals surface area contributed by atoms with Crippen LogP contribution in [0, 0.1) is 0 Å². The molecule has 1 aliphatic heterocycles. The highest BCUT2D eigenvalue weighted by Crippen LogP contribution is 2.25. The number of nitrogens with zero attached hydrogens (tertiary/aromatic N) is 1. The van der Waals surface area contributed by atoms with Gasteiger partial charge in [-0.2, -0.15) is 0 Å². The highest BCUT2D eigenvalue weighted by atomic mass is 35.5. The summed E-state index contributed by atoms with van der Waals surface area (Å²) in [5, 5.41) is 1.86. The quantitative estimate of drug-likeness (QED) is 0.515. The maximum Gasteiger partial charge on any atom is 0.263 e. The van der Waals surface area contributed by atoms with Crippen LogP contribution >= 0.6 is 11.6 Å². The minimum atomic E-state index is -0.435. The highest BCUT2D eigenvalue weighted by Gasteiger charge is 2.30. The van der Waals surface area contributed by atoms with E-state index in [1.807, 2.05) is 30.5 Å². The number of nitrogens with two attached hydrogens (primary N) is 1. The van der Waals surface area contributed by atoms with Crippen molar-refractivity contribution < 1.29 is 9.53 Å². The van der Waals surface area contributed by atoms with Crippen LogP contribution in [-0.4, -0.2) is 22.7 Å². The van der Waals surface area contributed by atoms with E-state index in [9.17, 15) is 4.79 Å². The van der Waals surface area contributed by atoms with E-state index in [1.54, 1.807) is 0 Å². The van der Waals surface area contributed by atoms with Crippen molar-refractivity contribution in [3.8, 4) is 0 Å². The molecule has 106 valence electrons. The number of hydrogen-bond acceptors (Lipinski definition) is 3. The molecule has 2 unspecified atom stereocenters. The summed E-state index contributed by atoms with van der Waals surface area (Å²) in [7, 11) is 0. The molecule has 2 atom stereocenters. The average Bonchev–Trinajstić information content (AvgIpc) is 3.06. The second kappa shape index (κ2) is 5.44. The van der Waals surface area contributed by atoms with E-state index in [1.165, 1.54) is 0 Å². The summed E-state index contributed by atoms with van der Waals surface area (Å²) in [5.41, 5.74) is 3.21. The summed E-state index contributed by atoms with van der Waals surface area (Å²) in [6, 6.07) is 7.86. The number of amides is 1. The molecular weight excluding hydrogens is 278 g/mol. The van der Waals surface area contributed by atoms with Crippen LogP contribution in [0.5, 0.6) is 0 Å². The Hall–Kier alpha value is -1.56. The second-order valence-electron chi connectivity index (χ2n) is 5.00. The number of hydrazine groups is 1. The summed E-state index contributed by atoms with van der Waals surface area (Å²) < 4.78 is 7.83. The van der Waals surface area contributed by atoms with Gasteiger partial charge in [0.2, 0.25) is 0 Å². The Labute approximate surface area is 121 Å². The molecule has 0 bridgehead atoms. The first kappa shape index (κ1) is 13.4. The van der Waals surface area contributed by atoms with Gasteiger partial charge in [-0.25, -0.2) is 5.84 Å². The zero-order chi connectivity index (χ0) is 14.1. The van der Waals surface area contributed by atoms with Crippen LogP contribution in [0.2, 0.25) is 5.02 Å². The first-order valence-electron chi connectivity index (χ1n) is 6.57. The molecule has 5 nitrogen and oxygen atoms in total. The summed E-state index contributed by atoms with van der Waals surface area (Å²) >= 11 is 6.04. The second-order valence-corrected chi connectivity index (χ2v) is 5.44. The van der Waals surface area contributed by atoms with Crippen molar-refractivity contribution in [1.29, 1.82) is 0 Å². The van der Waals surface area contributed by atoms with Crippen LogP contribution in [0.25, 0.3) is 10.9 Å². The van der Waals surface area contributed by atoms with E-state index < -0.39 is 6.10 Å². The minimum absolute atomic E-state index is 0.0203. The van der Waals surface area contributed by atoms with Gasteiger partial charge in [0.1, 0.15) is 6.10 Å². The van der Waals surface area contributed by atoms with Gasteiger partial charge in [-0.3, -0.25) is 10.2 Å². The first-order valence-corrected chi connectivity index (χ1v) is 6.95. The van der Waals surface area contributed by atoms with Crippen LogP contribution in [0.15, 0.2) is 30.5 Å². The monoisotopic (exact) mass is 293 g/mol. The fourth-order valence-electron chi connectivity index (χ4n) is 2.66. The van der Waals surface area contributed by atoms with Crippen molar-refractivity contribution >= 4 is 28.4 Å². The number of halogens is 1. The number of benzene rings is 1. The lowest BCUT2D eigenvalue weighted by molar-refractivity contribution is -0.132. The Bertz CT molecular complexity index is 640. The van der Waals surface area contributed by atoms with Gasteiger partial charge in [-0.05, 0) is 36.4 Å². The zero-order valence-corrected chi connectivity index (χ0v) is 11.6. The van der Waals surface area contributed by atoms with Crippen molar-refractivity contribution in [2.45, 2.75) is 31.6 Å². The number of carbonyl (C=O) groups excluding carboxylic acids is 1. The molecule has 0 aliphatic carbocycles. The van der Waals surface area contributed by atoms with Gasteiger partial charge in [-0.1, -0.05) is 17.7 Å². The maximum atomic E-state index is 11.4. The van der Waals surface area contributed by atoms with Crippen LogP contribution in [0.3, 0.4) is 0 Å². The van der Waals surface area contributed by atoms with Gasteiger partial charge in [0.25, 0.3) is 5.91 Å². The lowest BCUT2D eigenvalue weighted by Crippen LogP contribution is -2.39. The Kier molecular flexibility index (Phi) is 3.65. The molecule has 2 aromatic rings. The third-order valence-corrected chi connectivity index (χ3v) is 3.91. The number of fused-ring (bicyclic) bond motifs is 1. The molecule has 1 aliphatic rings. The molecular formula is C14H16ClN3O2. The first-order chi connectivity index (χ1) is 9.67. The average molecular weight is 294 g/mol. The van der Waals surface area contributed by atoms with Gasteiger partial charge in [0, 0.05) is 23.3 Å². The molecule has 1 aromatic heterocycles. The van der Waals surface area contributed by atoms with Gasteiger partial charge >= 0.3 is 0 Å². The zero-order valence-electron chi connectivity index (χ0n) is 10.9. The van der Waals surface area contributed by atoms with E-state index in [0.29, 0.717) is 18.0 Å². The number of aromatic nitrogens is 1. The molecule has 3 rings (SSSR count). The Morgan fingerprint density at radius 1 is 1.45 bits per heavy atom. The summed E-state index contributed by atoms with van der Waals surface area (Å²) in [6.07, 6.45) is 3.15. The van der Waals surface area contributed by atoms with Gasteiger partial charge in [0.15, 0.2) is 0 Å². The van der Waals surface area contributed by atoms with E-state index in [-0.39, 0.29) is 12.0 Å². The Balaban J connectivity index is 1.74. The van der Waals surface area contributed by atoms with E-state index in [0.717, 1.165) is 17.3 Å². The molecule has 0 spiro atoms. The van der Waals surface area contributed by atoms with E-state index in [2.05, 4.69) is 9.99 Å². The molecule has 1 fully saturated rings. The maximum absolute atomic E-state index is 11.4. The standard InChI is InChI=1S/C14H16ClN3O2/c15-10-2-1-9-5-6-18(12(9)7-10)8-11-3-4-13(20-11)14(19)17-16/h1-2,5-7,11,13H,3-4,8,16H2,(H,17,19). The summed E-state index contributed by atoms with van der Waals surface area (Å²) in [5.74, 6) is 4.87. The number of carbonyl (C=O) groups is 1. The number of nitrogens with one attached hydrogen (secondary N) is 1. The molecule has 1 saturated heterocycles. The molecule has 6 heteroatoms. The molecule has 0 radical (unpaired) electrons. The molecule has 20 heavy (non-hydrogen) atoms. The highest BCUT2D eigenvalue weighted by molar-refractivity contribution is 6.31. The van der Waals surface area contributed by atoms with Crippen molar-refractivity contribution in [3.05, 3.63) is 35.5 Å². The van der Waals surface area contributed by atoms with Crippen molar-refractivity contribution in [2.24, 2.45) is 5.84 Å². The minimum Gasteiger partial charge on any atom is -0.363 e. The third kappa shape index (κ3) is 2.52. The summed E-state index contributed by atoms with van der Waals surface area (Å²) in [4.78, 5) is 11.4. The Morgan fingerprint density at radius 3 is 3.10 bits per heavy atom. The largest absolute Gasteiger partial charge is 0.363 e. The smallest absolute Gasteiger partial charge is 0.263 e. The predicted molar refractivity (Wildman–Crippen MR) is 77.2 cm³/mol. The van der Waals surface area contributed by atoms with Crippen LogP contribution in [0.4, 0.5) is 0 Å². The normalized spacial score (nSPS) is 22.3. The van der Waals surface area contributed by atoms with Gasteiger partial charge in [0.05, 0.1) is 6.10 Å². The van der Waals surface area contributed by atoms with Crippen LogP contribution in [-0.2, 0) is 16.1 Å². The predicted octanol–water partition coefficient (Wildman–Crippen LogP) is 1.83. The summed E-state index contributed by atoms with van der Waals surface area (Å²) in [6.45, 7) is 0.707. The molecule has 1 amide bonds. The van der Waals surface area contributed by atoms with Crippen molar-refractivity contribution in [3.63, 3.8) is 0 Å². The SMILES string of the molecule is NNC(=O)C1CCC(Cn2ccc3ccc(Cl)cc32)O1. The number of rotatable bonds is 3. The third-order valence-electron chi connectivity index (χ3n) is 3.68. The van der Waals surface area contributed by atoms with Crippen molar-refractivity contribution in [1.82, 2.24) is 9.99 Å². The fraction of sp³-hybridized carbons (Fsp3) is 0.357. The molecule has 3 N–H and O–H groups in total. The lowest BCUT2D eigenvalue weighted by Gasteiger charge is -2.14. The van der Waals surface area contributed by atoms with E-state index in [4.69, 9.17) is 22.2 Å². The molecule has 2 heterocycles. The van der Waals surface area contributed by atoms with Gasteiger partial charge < -0.3 is 9.30 Å². The van der Waals surface area contributed by atoms with Crippen LogP contribution < -0.4 is 11.3 Å². The Morgan fingerprint density at radius 2 is 2.30 bits per heavy atom. The number of ether oxygens (including phenoxy) is 1. The molecule has 0 saturated carbocycles.